The highest BCUT2D eigenvalue weighted by Crippen LogP contribution is 2.03. The quantitative estimate of drug-likeness (QED) is 0.619. The van der Waals surface area contributed by atoms with Crippen LogP contribution in [0.4, 0.5) is 0 Å². The molecule has 66 valence electrons. The SMILES string of the molecule is CC(CN(C)C)OC1CNC1. The van der Waals surface area contributed by atoms with Crippen molar-refractivity contribution in [3.63, 3.8) is 0 Å². The molecule has 1 heterocycles. The van der Waals surface area contributed by atoms with Gasteiger partial charge in [-0.3, -0.25) is 0 Å². The number of hydrogen-bond donors (Lipinski definition) is 1. The molecule has 0 aromatic carbocycles. The molecule has 0 aromatic rings. The molecule has 1 unspecified atom stereocenters. The van der Waals surface area contributed by atoms with E-state index in [1.54, 1.807) is 0 Å². The zero-order chi connectivity index (χ0) is 8.27. The molecule has 1 aliphatic rings. The van der Waals surface area contributed by atoms with Crippen LogP contribution in [0.2, 0.25) is 0 Å². The highest BCUT2D eigenvalue weighted by atomic mass is 16.5. The number of nitrogens with one attached hydrogen (secondary N) is 1. The molecule has 0 amide bonds. The average Bonchev–Trinajstić information content (AvgIpc) is 1.77. The average molecular weight is 158 g/mol. The van der Waals surface area contributed by atoms with Crippen LogP contribution in [-0.2, 0) is 4.74 Å². The van der Waals surface area contributed by atoms with Crippen LogP contribution in [0.25, 0.3) is 0 Å². The topological polar surface area (TPSA) is 24.5 Å². The van der Waals surface area contributed by atoms with Crippen molar-refractivity contribution >= 4 is 0 Å². The summed E-state index contributed by atoms with van der Waals surface area (Å²) in [6, 6.07) is 0. The van der Waals surface area contributed by atoms with Gasteiger partial charge >= 0.3 is 0 Å². The van der Waals surface area contributed by atoms with E-state index in [0.29, 0.717) is 12.2 Å². The van der Waals surface area contributed by atoms with Crippen LogP contribution in [0.5, 0.6) is 0 Å². The predicted octanol–water partition coefficient (Wildman–Crippen LogP) is -0.0751. The molecular weight excluding hydrogens is 140 g/mol. The molecule has 1 aliphatic heterocycles. The summed E-state index contributed by atoms with van der Waals surface area (Å²) < 4.78 is 5.69. The molecular formula is C8H18N2O. The first-order valence-corrected chi connectivity index (χ1v) is 4.19. The van der Waals surface area contributed by atoms with Crippen molar-refractivity contribution < 1.29 is 4.74 Å². The third kappa shape index (κ3) is 3.18. The van der Waals surface area contributed by atoms with Crippen LogP contribution in [0.3, 0.4) is 0 Å². The summed E-state index contributed by atoms with van der Waals surface area (Å²) in [5, 5.41) is 3.18. The van der Waals surface area contributed by atoms with Gasteiger partial charge in [0, 0.05) is 19.6 Å². The van der Waals surface area contributed by atoms with Gasteiger partial charge in [0.2, 0.25) is 0 Å². The number of nitrogens with zero attached hydrogens (tertiary/aromatic N) is 1. The molecule has 0 saturated carbocycles. The maximum Gasteiger partial charge on any atom is 0.0827 e. The Morgan fingerprint density at radius 2 is 2.18 bits per heavy atom. The van der Waals surface area contributed by atoms with Gasteiger partial charge in [-0.05, 0) is 21.0 Å². The van der Waals surface area contributed by atoms with Crippen LogP contribution in [0.15, 0.2) is 0 Å². The van der Waals surface area contributed by atoms with E-state index in [-0.39, 0.29) is 0 Å². The summed E-state index contributed by atoms with van der Waals surface area (Å²) in [5.74, 6) is 0. The number of rotatable bonds is 4. The van der Waals surface area contributed by atoms with Gasteiger partial charge in [0.25, 0.3) is 0 Å². The van der Waals surface area contributed by atoms with Gasteiger partial charge in [0.1, 0.15) is 0 Å². The predicted molar refractivity (Wildman–Crippen MR) is 45.8 cm³/mol. The lowest BCUT2D eigenvalue weighted by molar-refractivity contribution is -0.0372. The molecule has 0 aliphatic carbocycles. The van der Waals surface area contributed by atoms with Gasteiger partial charge in [-0.25, -0.2) is 0 Å². The Balaban J connectivity index is 2.04. The first-order valence-electron chi connectivity index (χ1n) is 4.19. The Morgan fingerprint density at radius 3 is 2.55 bits per heavy atom. The summed E-state index contributed by atoms with van der Waals surface area (Å²) in [4.78, 5) is 2.15. The van der Waals surface area contributed by atoms with Crippen LogP contribution in [0.1, 0.15) is 6.92 Å². The first kappa shape index (κ1) is 8.97. The second-order valence-electron chi connectivity index (χ2n) is 3.49. The van der Waals surface area contributed by atoms with Gasteiger partial charge in [-0.1, -0.05) is 0 Å². The summed E-state index contributed by atoms with van der Waals surface area (Å²) in [5.41, 5.74) is 0. The summed E-state index contributed by atoms with van der Waals surface area (Å²) in [7, 11) is 4.14. The fourth-order valence-corrected chi connectivity index (χ4v) is 1.24. The first-order chi connectivity index (χ1) is 5.18. The minimum atomic E-state index is 0.358. The Kier molecular flexibility index (Phi) is 3.30. The lowest BCUT2D eigenvalue weighted by atomic mass is 10.2. The minimum Gasteiger partial charge on any atom is -0.371 e. The molecule has 1 atom stereocenters. The Labute approximate surface area is 68.7 Å². The van der Waals surface area contributed by atoms with Crippen molar-refractivity contribution in [2.45, 2.75) is 19.1 Å². The second kappa shape index (κ2) is 4.04. The maximum absolute atomic E-state index is 5.69. The fourth-order valence-electron chi connectivity index (χ4n) is 1.24. The number of hydrogen-bond acceptors (Lipinski definition) is 3. The molecule has 1 saturated heterocycles. The van der Waals surface area contributed by atoms with Gasteiger partial charge in [0.15, 0.2) is 0 Å². The molecule has 1 rings (SSSR count). The van der Waals surface area contributed by atoms with Crippen molar-refractivity contribution in [1.29, 1.82) is 0 Å². The van der Waals surface area contributed by atoms with Gasteiger partial charge in [-0.2, -0.15) is 0 Å². The third-order valence-electron chi connectivity index (χ3n) is 1.79. The van der Waals surface area contributed by atoms with E-state index in [1.165, 1.54) is 0 Å². The standard InChI is InChI=1S/C8H18N2O/c1-7(6-10(2)3)11-8-4-9-5-8/h7-9H,4-6H2,1-3H3. The summed E-state index contributed by atoms with van der Waals surface area (Å²) in [6.07, 6.45) is 0.821. The van der Waals surface area contributed by atoms with Crippen molar-refractivity contribution in [3.05, 3.63) is 0 Å². The van der Waals surface area contributed by atoms with Crippen molar-refractivity contribution in [1.82, 2.24) is 10.2 Å². The second-order valence-corrected chi connectivity index (χ2v) is 3.49. The van der Waals surface area contributed by atoms with Crippen LogP contribution in [-0.4, -0.2) is 50.8 Å². The number of ether oxygens (including phenoxy) is 1. The van der Waals surface area contributed by atoms with Crippen molar-refractivity contribution in [2.75, 3.05) is 33.7 Å². The molecule has 11 heavy (non-hydrogen) atoms. The molecule has 1 fully saturated rings. The van der Waals surface area contributed by atoms with Crippen LogP contribution < -0.4 is 5.32 Å². The maximum atomic E-state index is 5.69. The molecule has 0 aromatic heterocycles. The van der Waals surface area contributed by atoms with E-state index < -0.39 is 0 Å². The van der Waals surface area contributed by atoms with Crippen molar-refractivity contribution in [3.8, 4) is 0 Å². The number of likely N-dealkylation sites (N-methyl/N-ethyl adjacent to an activating group) is 1. The zero-order valence-electron chi connectivity index (χ0n) is 7.63. The monoisotopic (exact) mass is 158 g/mol. The molecule has 1 N–H and O–H groups in total. The third-order valence-corrected chi connectivity index (χ3v) is 1.79. The molecule has 3 heteroatoms. The molecule has 0 bridgehead atoms. The van der Waals surface area contributed by atoms with E-state index in [9.17, 15) is 0 Å². The van der Waals surface area contributed by atoms with E-state index in [1.807, 2.05) is 0 Å². The van der Waals surface area contributed by atoms with Crippen molar-refractivity contribution in [2.24, 2.45) is 0 Å². The van der Waals surface area contributed by atoms with Gasteiger partial charge < -0.3 is 15.0 Å². The lowest BCUT2D eigenvalue weighted by Crippen LogP contribution is -2.50. The van der Waals surface area contributed by atoms with E-state index in [0.717, 1.165) is 19.6 Å². The van der Waals surface area contributed by atoms with Crippen LogP contribution >= 0.6 is 0 Å². The smallest absolute Gasteiger partial charge is 0.0827 e. The zero-order valence-corrected chi connectivity index (χ0v) is 7.63. The Hall–Kier alpha value is -0.120. The fraction of sp³-hybridized carbons (Fsp3) is 1.00. The van der Waals surface area contributed by atoms with E-state index in [4.69, 9.17) is 4.74 Å². The Bertz CT molecular complexity index is 113. The molecule has 0 radical (unpaired) electrons. The highest BCUT2D eigenvalue weighted by Gasteiger charge is 2.19. The lowest BCUT2D eigenvalue weighted by Gasteiger charge is -2.31. The largest absolute Gasteiger partial charge is 0.371 e. The normalized spacial score (nSPS) is 21.8. The van der Waals surface area contributed by atoms with Crippen LogP contribution in [0, 0.1) is 0 Å². The summed E-state index contributed by atoms with van der Waals surface area (Å²) >= 11 is 0. The van der Waals surface area contributed by atoms with E-state index >= 15 is 0 Å². The minimum absolute atomic E-state index is 0.358. The summed E-state index contributed by atoms with van der Waals surface area (Å²) in [6.45, 7) is 5.18. The molecule has 0 spiro atoms. The van der Waals surface area contributed by atoms with E-state index in [2.05, 4.69) is 31.2 Å². The highest BCUT2D eigenvalue weighted by molar-refractivity contribution is 4.76. The Morgan fingerprint density at radius 1 is 1.55 bits per heavy atom. The van der Waals surface area contributed by atoms with Gasteiger partial charge in [-0.15, -0.1) is 0 Å². The molecule has 3 nitrogen and oxygen atoms in total. The van der Waals surface area contributed by atoms with Gasteiger partial charge in [0.05, 0.1) is 12.2 Å².